The largest absolute Gasteiger partial charge is 0.336 e. The number of anilines is 1. The van der Waals surface area contributed by atoms with Gasteiger partial charge in [0, 0.05) is 43.9 Å². The third-order valence-electron chi connectivity index (χ3n) is 4.48. The normalized spacial score (nSPS) is 14.8. The lowest BCUT2D eigenvalue weighted by molar-refractivity contribution is 0.0753. The van der Waals surface area contributed by atoms with E-state index in [-0.39, 0.29) is 11.9 Å². The average molecular weight is 430 g/mol. The van der Waals surface area contributed by atoms with Crippen molar-refractivity contribution in [1.29, 1.82) is 0 Å². The fraction of sp³-hybridized carbons (Fsp3) is 0.333. The zero-order chi connectivity index (χ0) is 19.6. The van der Waals surface area contributed by atoms with Crippen LogP contribution in [0.5, 0.6) is 0 Å². The van der Waals surface area contributed by atoms with Crippen LogP contribution >= 0.6 is 34.8 Å². The molecule has 0 bridgehead atoms. The van der Waals surface area contributed by atoms with Crippen LogP contribution in [-0.2, 0) is 7.05 Å². The van der Waals surface area contributed by atoms with Crippen molar-refractivity contribution in [3.63, 3.8) is 0 Å². The van der Waals surface area contributed by atoms with Gasteiger partial charge in [-0.15, -0.1) is 0 Å². The van der Waals surface area contributed by atoms with Gasteiger partial charge in [0.25, 0.3) is 5.91 Å². The summed E-state index contributed by atoms with van der Waals surface area (Å²) in [7, 11) is 1.70. The molecule has 0 radical (unpaired) electrons. The van der Waals surface area contributed by atoms with Crippen molar-refractivity contribution < 1.29 is 9.59 Å². The lowest BCUT2D eigenvalue weighted by Crippen LogP contribution is -2.39. The fourth-order valence-electron chi connectivity index (χ4n) is 3.00. The van der Waals surface area contributed by atoms with Crippen molar-refractivity contribution in [3.05, 3.63) is 51.2 Å². The van der Waals surface area contributed by atoms with Crippen molar-refractivity contribution in [2.24, 2.45) is 7.05 Å². The van der Waals surface area contributed by atoms with E-state index in [1.54, 1.807) is 51.7 Å². The van der Waals surface area contributed by atoms with Crippen molar-refractivity contribution in [2.75, 3.05) is 31.5 Å². The number of halogens is 3. The molecular weight excluding hydrogens is 411 g/mol. The lowest BCUT2D eigenvalue weighted by Gasteiger charge is -2.22. The van der Waals surface area contributed by atoms with Crippen LogP contribution in [0, 0.1) is 0 Å². The number of aromatic nitrogens is 1. The minimum atomic E-state index is -0.212. The molecule has 27 heavy (non-hydrogen) atoms. The Hall–Kier alpha value is -1.89. The number of amides is 3. The van der Waals surface area contributed by atoms with E-state index in [1.807, 2.05) is 0 Å². The molecule has 0 unspecified atom stereocenters. The molecule has 0 saturated carbocycles. The maximum absolute atomic E-state index is 12.8. The molecule has 2 aromatic rings. The maximum Gasteiger partial charge on any atom is 0.321 e. The minimum absolute atomic E-state index is 0.150. The van der Waals surface area contributed by atoms with E-state index in [1.165, 1.54) is 0 Å². The minimum Gasteiger partial charge on any atom is -0.336 e. The van der Waals surface area contributed by atoms with Gasteiger partial charge in [0.15, 0.2) is 0 Å². The summed E-state index contributed by atoms with van der Waals surface area (Å²) < 4.78 is 1.57. The van der Waals surface area contributed by atoms with Gasteiger partial charge in [-0.25, -0.2) is 4.79 Å². The van der Waals surface area contributed by atoms with Crippen LogP contribution in [0.1, 0.15) is 16.9 Å². The van der Waals surface area contributed by atoms with E-state index in [9.17, 15) is 9.59 Å². The molecule has 6 nitrogen and oxygen atoms in total. The van der Waals surface area contributed by atoms with Gasteiger partial charge in [0.05, 0.1) is 5.02 Å². The first-order valence-electron chi connectivity index (χ1n) is 8.48. The second kappa shape index (κ2) is 8.42. The van der Waals surface area contributed by atoms with Gasteiger partial charge in [0.2, 0.25) is 0 Å². The van der Waals surface area contributed by atoms with Gasteiger partial charge in [0.1, 0.15) is 10.8 Å². The summed E-state index contributed by atoms with van der Waals surface area (Å²) in [6.45, 7) is 1.98. The third-order valence-corrected chi connectivity index (χ3v) is 5.56. The van der Waals surface area contributed by atoms with Crippen molar-refractivity contribution >= 4 is 52.4 Å². The number of nitrogens with zero attached hydrogens (tertiary/aromatic N) is 3. The summed E-state index contributed by atoms with van der Waals surface area (Å²) in [5.41, 5.74) is 1.07. The Balaban J connectivity index is 1.63. The van der Waals surface area contributed by atoms with Crippen molar-refractivity contribution in [1.82, 2.24) is 14.4 Å². The van der Waals surface area contributed by atoms with Gasteiger partial charge in [-0.1, -0.05) is 40.9 Å². The number of hydrogen-bond donors (Lipinski definition) is 1. The van der Waals surface area contributed by atoms with E-state index < -0.39 is 0 Å². The fourth-order valence-corrected chi connectivity index (χ4v) is 3.57. The van der Waals surface area contributed by atoms with Gasteiger partial charge in [-0.05, 0) is 30.7 Å². The SMILES string of the molecule is Cn1c(C(=O)N2CCCN(C(=O)Nc3cccc(Cl)c3)CC2)cc(Cl)c1Cl. The molecule has 1 aromatic heterocycles. The van der Waals surface area contributed by atoms with Crippen LogP contribution < -0.4 is 5.32 Å². The molecule has 1 aliphatic heterocycles. The molecule has 3 amide bonds. The van der Waals surface area contributed by atoms with Crippen molar-refractivity contribution in [3.8, 4) is 0 Å². The maximum atomic E-state index is 12.8. The highest BCUT2D eigenvalue weighted by atomic mass is 35.5. The molecule has 2 heterocycles. The van der Waals surface area contributed by atoms with Gasteiger partial charge in [-0.2, -0.15) is 0 Å². The Labute approximate surface area is 172 Å². The summed E-state index contributed by atoms with van der Waals surface area (Å²) in [6.07, 6.45) is 0.681. The van der Waals surface area contributed by atoms with Crippen LogP contribution in [0.15, 0.2) is 30.3 Å². The summed E-state index contributed by atoms with van der Waals surface area (Å²) in [6, 6.07) is 8.35. The molecule has 0 aliphatic carbocycles. The second-order valence-electron chi connectivity index (χ2n) is 6.30. The molecule has 9 heteroatoms. The zero-order valence-electron chi connectivity index (χ0n) is 14.7. The summed E-state index contributed by atoms with van der Waals surface area (Å²) in [4.78, 5) is 28.7. The van der Waals surface area contributed by atoms with Crippen molar-refractivity contribution in [2.45, 2.75) is 6.42 Å². The molecule has 1 fully saturated rings. The summed E-state index contributed by atoms with van der Waals surface area (Å²) in [5.74, 6) is -0.150. The van der Waals surface area contributed by atoms with Gasteiger partial charge < -0.3 is 19.7 Å². The Bertz CT molecular complexity index is 868. The topological polar surface area (TPSA) is 57.6 Å². The summed E-state index contributed by atoms with van der Waals surface area (Å²) in [5, 5.41) is 4.07. The molecule has 1 aliphatic rings. The van der Waals surface area contributed by atoms with E-state index in [0.717, 1.165) is 0 Å². The van der Waals surface area contributed by atoms with Crippen LogP contribution in [0.4, 0.5) is 10.5 Å². The first-order chi connectivity index (χ1) is 12.9. The number of benzene rings is 1. The molecule has 144 valence electrons. The standard InChI is InChI=1S/C18H19Cl3N4O2/c1-23-15(11-14(20)16(23)21)17(26)24-6-3-7-25(9-8-24)18(27)22-13-5-2-4-12(19)10-13/h2,4-5,10-11H,3,6-9H2,1H3,(H,22,27). The molecule has 0 spiro atoms. The quantitative estimate of drug-likeness (QED) is 0.771. The zero-order valence-corrected chi connectivity index (χ0v) is 17.0. The Morgan fingerprint density at radius 3 is 2.37 bits per heavy atom. The first-order valence-corrected chi connectivity index (χ1v) is 9.61. The van der Waals surface area contributed by atoms with Crippen LogP contribution in [0.3, 0.4) is 0 Å². The monoisotopic (exact) mass is 428 g/mol. The van der Waals surface area contributed by atoms with Gasteiger partial charge >= 0.3 is 6.03 Å². The number of rotatable bonds is 2. The number of carbonyl (C=O) groups excluding carboxylic acids is 2. The van der Waals surface area contributed by atoms with E-state index in [0.29, 0.717) is 59.2 Å². The Morgan fingerprint density at radius 1 is 1.00 bits per heavy atom. The predicted molar refractivity (Wildman–Crippen MR) is 108 cm³/mol. The molecule has 1 aromatic carbocycles. The lowest BCUT2D eigenvalue weighted by atomic mass is 10.3. The van der Waals surface area contributed by atoms with E-state index >= 15 is 0 Å². The number of nitrogens with one attached hydrogen (secondary N) is 1. The highest BCUT2D eigenvalue weighted by Gasteiger charge is 2.25. The number of hydrogen-bond acceptors (Lipinski definition) is 2. The molecule has 1 N–H and O–H groups in total. The summed E-state index contributed by atoms with van der Waals surface area (Å²) >= 11 is 18.0. The molecule has 3 rings (SSSR count). The smallest absolute Gasteiger partial charge is 0.321 e. The van der Waals surface area contributed by atoms with E-state index in [2.05, 4.69) is 5.32 Å². The molecule has 1 saturated heterocycles. The van der Waals surface area contributed by atoms with Gasteiger partial charge in [-0.3, -0.25) is 4.79 Å². The second-order valence-corrected chi connectivity index (χ2v) is 7.50. The Kier molecular flexibility index (Phi) is 6.19. The van der Waals surface area contributed by atoms with Crippen LogP contribution in [0.2, 0.25) is 15.2 Å². The first kappa shape index (κ1) is 19.9. The Morgan fingerprint density at radius 2 is 1.70 bits per heavy atom. The highest BCUT2D eigenvalue weighted by Crippen LogP contribution is 2.26. The number of urea groups is 1. The third kappa shape index (κ3) is 4.51. The average Bonchev–Trinajstić information content (AvgIpc) is 2.83. The van der Waals surface area contributed by atoms with Crippen LogP contribution in [-0.4, -0.2) is 52.5 Å². The molecule has 0 atom stereocenters. The van der Waals surface area contributed by atoms with Crippen LogP contribution in [0.25, 0.3) is 0 Å². The van der Waals surface area contributed by atoms with E-state index in [4.69, 9.17) is 34.8 Å². The highest BCUT2D eigenvalue weighted by molar-refractivity contribution is 6.41. The number of carbonyl (C=O) groups is 2. The molecular formula is C18H19Cl3N4O2. The predicted octanol–water partition coefficient (Wildman–Crippen LogP) is 4.37.